The average Bonchev–Trinajstić information content (AvgIpc) is 2.62. The summed E-state index contributed by atoms with van der Waals surface area (Å²) in [6, 6.07) is 26.3. The first-order valence-corrected chi connectivity index (χ1v) is 7.06. The molecule has 0 spiro atoms. The summed E-state index contributed by atoms with van der Waals surface area (Å²) in [4.78, 5) is 0. The summed E-state index contributed by atoms with van der Waals surface area (Å²) in [6.45, 7) is 0. The summed E-state index contributed by atoms with van der Waals surface area (Å²) in [7, 11) is 1.60. The van der Waals surface area contributed by atoms with Gasteiger partial charge in [0.2, 0.25) is 0 Å². The molecular weight excluding hydrogens is 270 g/mol. The van der Waals surface area contributed by atoms with Gasteiger partial charge in [-0.25, -0.2) is 0 Å². The van der Waals surface area contributed by atoms with Crippen molar-refractivity contribution in [3.63, 3.8) is 0 Å². The van der Waals surface area contributed by atoms with E-state index in [1.165, 1.54) is 5.56 Å². The minimum Gasteiger partial charge on any atom is -0.497 e. The first-order valence-electron chi connectivity index (χ1n) is 7.06. The summed E-state index contributed by atoms with van der Waals surface area (Å²) in [5, 5.41) is 9.33. The van der Waals surface area contributed by atoms with E-state index in [0.717, 1.165) is 16.7 Å². The van der Waals surface area contributed by atoms with Crippen LogP contribution < -0.4 is 4.74 Å². The summed E-state index contributed by atoms with van der Waals surface area (Å²) in [5.74, 6) is 0.696. The van der Waals surface area contributed by atoms with E-state index in [9.17, 15) is 5.26 Å². The summed E-state index contributed by atoms with van der Waals surface area (Å²) >= 11 is 0. The molecule has 3 aromatic carbocycles. The molecule has 0 fully saturated rings. The SMILES string of the molecule is COc1ccc(-c2ccc(-c3ccccc3)cc2)c(C#N)c1. The zero-order valence-corrected chi connectivity index (χ0v) is 12.3. The normalized spacial score (nSPS) is 10.0. The third-order valence-electron chi connectivity index (χ3n) is 3.65. The number of nitrogens with zero attached hydrogens (tertiary/aromatic N) is 1. The Morgan fingerprint density at radius 1 is 0.773 bits per heavy atom. The van der Waals surface area contributed by atoms with E-state index in [1.807, 2.05) is 42.5 Å². The summed E-state index contributed by atoms with van der Waals surface area (Å²) in [6.07, 6.45) is 0. The highest BCUT2D eigenvalue weighted by molar-refractivity contribution is 5.74. The van der Waals surface area contributed by atoms with Gasteiger partial charge in [0, 0.05) is 0 Å². The van der Waals surface area contributed by atoms with Crippen molar-refractivity contribution in [2.45, 2.75) is 0 Å². The Labute approximate surface area is 130 Å². The molecule has 0 N–H and O–H groups in total. The predicted octanol–water partition coefficient (Wildman–Crippen LogP) is 4.90. The quantitative estimate of drug-likeness (QED) is 0.685. The van der Waals surface area contributed by atoms with Crippen LogP contribution in [0.1, 0.15) is 5.56 Å². The van der Waals surface area contributed by atoms with Gasteiger partial charge in [0.05, 0.1) is 18.7 Å². The van der Waals surface area contributed by atoms with Gasteiger partial charge >= 0.3 is 0 Å². The van der Waals surface area contributed by atoms with Gasteiger partial charge in [-0.2, -0.15) is 5.26 Å². The van der Waals surface area contributed by atoms with Crippen molar-refractivity contribution in [1.82, 2.24) is 0 Å². The lowest BCUT2D eigenvalue weighted by Crippen LogP contribution is -1.88. The molecule has 0 aliphatic carbocycles. The third-order valence-corrected chi connectivity index (χ3v) is 3.65. The van der Waals surface area contributed by atoms with E-state index >= 15 is 0 Å². The van der Waals surface area contributed by atoms with E-state index in [-0.39, 0.29) is 0 Å². The molecule has 0 bridgehead atoms. The van der Waals surface area contributed by atoms with E-state index in [2.05, 4.69) is 30.3 Å². The van der Waals surface area contributed by atoms with Crippen molar-refractivity contribution in [2.24, 2.45) is 0 Å². The van der Waals surface area contributed by atoms with Gasteiger partial charge in [0.25, 0.3) is 0 Å². The van der Waals surface area contributed by atoms with Crippen LogP contribution >= 0.6 is 0 Å². The Bertz CT molecular complexity index is 815. The van der Waals surface area contributed by atoms with Gasteiger partial charge in [0.15, 0.2) is 0 Å². The molecule has 0 saturated carbocycles. The number of hydrogen-bond acceptors (Lipinski definition) is 2. The number of ether oxygens (including phenoxy) is 1. The molecule has 0 radical (unpaired) electrons. The third kappa shape index (κ3) is 2.70. The number of nitriles is 1. The number of rotatable bonds is 3. The molecule has 0 atom stereocenters. The largest absolute Gasteiger partial charge is 0.497 e. The molecular formula is C20H15NO. The fourth-order valence-electron chi connectivity index (χ4n) is 2.47. The average molecular weight is 285 g/mol. The molecule has 0 unspecified atom stereocenters. The minimum absolute atomic E-state index is 0.617. The van der Waals surface area contributed by atoms with Crippen molar-refractivity contribution < 1.29 is 4.74 Å². The number of hydrogen-bond donors (Lipinski definition) is 0. The van der Waals surface area contributed by atoms with Crippen molar-refractivity contribution in [2.75, 3.05) is 7.11 Å². The Kier molecular flexibility index (Phi) is 3.89. The molecule has 0 aliphatic heterocycles. The Balaban J connectivity index is 1.99. The Morgan fingerprint density at radius 2 is 1.41 bits per heavy atom. The van der Waals surface area contributed by atoms with Gasteiger partial charge in [-0.1, -0.05) is 54.6 Å². The molecule has 22 heavy (non-hydrogen) atoms. The zero-order valence-electron chi connectivity index (χ0n) is 12.3. The molecule has 2 nitrogen and oxygen atoms in total. The Morgan fingerprint density at radius 3 is 2.05 bits per heavy atom. The topological polar surface area (TPSA) is 33.0 Å². The lowest BCUT2D eigenvalue weighted by atomic mass is 9.97. The smallest absolute Gasteiger partial charge is 0.120 e. The van der Waals surface area contributed by atoms with Crippen LogP contribution in [0, 0.1) is 11.3 Å². The molecule has 3 rings (SSSR count). The number of methoxy groups -OCH3 is 1. The van der Waals surface area contributed by atoms with Crippen LogP contribution in [0.15, 0.2) is 72.8 Å². The Hall–Kier alpha value is -3.05. The minimum atomic E-state index is 0.617. The van der Waals surface area contributed by atoms with E-state index in [1.54, 1.807) is 13.2 Å². The number of benzene rings is 3. The second-order valence-electron chi connectivity index (χ2n) is 4.97. The standard InChI is InChI=1S/C20H15NO/c1-22-19-11-12-20(18(13-19)14-21)17-9-7-16(8-10-17)15-5-3-2-4-6-15/h2-13H,1H3. The van der Waals surface area contributed by atoms with Gasteiger partial charge in [-0.15, -0.1) is 0 Å². The highest BCUT2D eigenvalue weighted by atomic mass is 16.5. The zero-order chi connectivity index (χ0) is 15.4. The second-order valence-corrected chi connectivity index (χ2v) is 4.97. The lowest BCUT2D eigenvalue weighted by molar-refractivity contribution is 0.414. The monoisotopic (exact) mass is 285 g/mol. The maximum Gasteiger partial charge on any atom is 0.120 e. The molecule has 0 saturated heterocycles. The lowest BCUT2D eigenvalue weighted by Gasteiger charge is -2.08. The predicted molar refractivity (Wildman–Crippen MR) is 88.6 cm³/mol. The first-order chi connectivity index (χ1) is 10.8. The first kappa shape index (κ1) is 13.9. The van der Waals surface area contributed by atoms with Crippen LogP contribution in [0.25, 0.3) is 22.3 Å². The van der Waals surface area contributed by atoms with Crippen LogP contribution in [0.3, 0.4) is 0 Å². The van der Waals surface area contributed by atoms with E-state index in [0.29, 0.717) is 11.3 Å². The van der Waals surface area contributed by atoms with Crippen molar-refractivity contribution in [1.29, 1.82) is 5.26 Å². The van der Waals surface area contributed by atoms with Crippen LogP contribution in [0.2, 0.25) is 0 Å². The summed E-state index contributed by atoms with van der Waals surface area (Å²) < 4.78 is 5.17. The van der Waals surface area contributed by atoms with Crippen molar-refractivity contribution in [3.8, 4) is 34.1 Å². The maximum atomic E-state index is 9.33. The molecule has 0 aromatic heterocycles. The van der Waals surface area contributed by atoms with Crippen LogP contribution in [-0.2, 0) is 0 Å². The van der Waals surface area contributed by atoms with Crippen molar-refractivity contribution in [3.05, 3.63) is 78.4 Å². The van der Waals surface area contributed by atoms with E-state index in [4.69, 9.17) is 4.74 Å². The highest BCUT2D eigenvalue weighted by Crippen LogP contribution is 2.29. The van der Waals surface area contributed by atoms with Gasteiger partial charge in [-0.05, 0) is 40.5 Å². The molecule has 0 amide bonds. The van der Waals surface area contributed by atoms with Crippen LogP contribution in [0.5, 0.6) is 5.75 Å². The van der Waals surface area contributed by atoms with Gasteiger partial charge < -0.3 is 4.74 Å². The second kappa shape index (κ2) is 6.15. The fraction of sp³-hybridized carbons (Fsp3) is 0.0500. The van der Waals surface area contributed by atoms with E-state index < -0.39 is 0 Å². The highest BCUT2D eigenvalue weighted by Gasteiger charge is 2.07. The molecule has 106 valence electrons. The summed E-state index contributed by atoms with van der Waals surface area (Å²) in [5.41, 5.74) is 4.91. The van der Waals surface area contributed by atoms with Crippen LogP contribution in [0.4, 0.5) is 0 Å². The molecule has 0 aliphatic rings. The molecule has 0 heterocycles. The van der Waals surface area contributed by atoms with Gasteiger partial charge in [0.1, 0.15) is 5.75 Å². The van der Waals surface area contributed by atoms with Crippen molar-refractivity contribution >= 4 is 0 Å². The van der Waals surface area contributed by atoms with Crippen LogP contribution in [-0.4, -0.2) is 7.11 Å². The maximum absolute atomic E-state index is 9.33. The molecule has 3 aromatic rings. The molecule has 2 heteroatoms. The fourth-order valence-corrected chi connectivity index (χ4v) is 2.47. The van der Waals surface area contributed by atoms with Gasteiger partial charge in [-0.3, -0.25) is 0 Å².